The molecular formula is C12H19ClN4OS. The Labute approximate surface area is 123 Å². The second-order valence-corrected chi connectivity index (χ2v) is 6.18. The topological polar surface area (TPSA) is 62.5 Å². The van der Waals surface area contributed by atoms with Crippen LogP contribution in [0.5, 0.6) is 0 Å². The maximum atomic E-state index is 11.7. The van der Waals surface area contributed by atoms with Gasteiger partial charge in [-0.1, -0.05) is 0 Å². The summed E-state index contributed by atoms with van der Waals surface area (Å²) in [6.45, 7) is 3.91. The number of nitrogens with two attached hydrogens (primary N) is 1. The molecule has 0 spiro atoms. The summed E-state index contributed by atoms with van der Waals surface area (Å²) in [6, 6.07) is 0.422. The summed E-state index contributed by atoms with van der Waals surface area (Å²) in [4.78, 5) is 21.5. The normalized spacial score (nSPS) is 23.9. The predicted molar refractivity (Wildman–Crippen MR) is 78.4 cm³/mol. The molecule has 0 saturated carbocycles. The van der Waals surface area contributed by atoms with Crippen molar-refractivity contribution < 1.29 is 4.79 Å². The monoisotopic (exact) mass is 302 g/mol. The first-order chi connectivity index (χ1) is 8.72. The summed E-state index contributed by atoms with van der Waals surface area (Å²) in [7, 11) is 0. The largest absolute Gasteiger partial charge is 0.375 e. The molecule has 0 aromatic carbocycles. The average molecular weight is 303 g/mol. The smallest absolute Gasteiger partial charge is 0.222 e. The van der Waals surface area contributed by atoms with Gasteiger partial charge >= 0.3 is 0 Å². The molecule has 5 nitrogen and oxygen atoms in total. The number of aromatic nitrogens is 1. The summed E-state index contributed by atoms with van der Waals surface area (Å²) in [5, 5.41) is 0.635. The van der Waals surface area contributed by atoms with Gasteiger partial charge in [0.25, 0.3) is 0 Å². The number of amides is 1. The quantitative estimate of drug-likeness (QED) is 0.915. The SMILES string of the molecule is Cl.Nc1ncc(CN2CCC(N3CCCC3=O)C2)s1. The zero-order valence-corrected chi connectivity index (χ0v) is 12.4. The maximum Gasteiger partial charge on any atom is 0.222 e. The highest BCUT2D eigenvalue weighted by Gasteiger charge is 2.32. The van der Waals surface area contributed by atoms with E-state index in [1.54, 1.807) is 11.3 Å². The van der Waals surface area contributed by atoms with E-state index in [9.17, 15) is 4.79 Å². The number of hydrogen-bond acceptors (Lipinski definition) is 5. The molecular weight excluding hydrogens is 284 g/mol. The molecule has 2 saturated heterocycles. The minimum atomic E-state index is 0. The number of likely N-dealkylation sites (tertiary alicyclic amines) is 2. The van der Waals surface area contributed by atoms with Gasteiger partial charge in [0.15, 0.2) is 5.13 Å². The van der Waals surface area contributed by atoms with Crippen molar-refractivity contribution in [3.63, 3.8) is 0 Å². The lowest BCUT2D eigenvalue weighted by molar-refractivity contribution is -0.129. The minimum Gasteiger partial charge on any atom is -0.375 e. The van der Waals surface area contributed by atoms with Gasteiger partial charge in [-0.05, 0) is 12.8 Å². The van der Waals surface area contributed by atoms with Crippen LogP contribution >= 0.6 is 23.7 Å². The fourth-order valence-electron chi connectivity index (χ4n) is 2.88. The van der Waals surface area contributed by atoms with Crippen LogP contribution in [0.3, 0.4) is 0 Å². The molecule has 3 heterocycles. The molecule has 1 aromatic rings. The predicted octanol–water partition coefficient (Wildman–Crippen LogP) is 1.34. The Morgan fingerprint density at radius 3 is 2.95 bits per heavy atom. The van der Waals surface area contributed by atoms with Gasteiger partial charge in [0.1, 0.15) is 0 Å². The fraction of sp³-hybridized carbons (Fsp3) is 0.667. The summed E-state index contributed by atoms with van der Waals surface area (Å²) >= 11 is 1.55. The molecule has 0 aliphatic carbocycles. The molecule has 1 amide bonds. The van der Waals surface area contributed by atoms with Gasteiger partial charge in [0, 0.05) is 49.7 Å². The highest BCUT2D eigenvalue weighted by molar-refractivity contribution is 7.15. The summed E-state index contributed by atoms with van der Waals surface area (Å²) < 4.78 is 0. The van der Waals surface area contributed by atoms with Gasteiger partial charge in [0.2, 0.25) is 5.91 Å². The van der Waals surface area contributed by atoms with Crippen molar-refractivity contribution in [3.05, 3.63) is 11.1 Å². The first-order valence-corrected chi connectivity index (χ1v) is 7.26. The average Bonchev–Trinajstić information content (AvgIpc) is 3.02. The maximum absolute atomic E-state index is 11.7. The number of carbonyl (C=O) groups excluding carboxylic acids is 1. The lowest BCUT2D eigenvalue weighted by Gasteiger charge is -2.24. The third-order valence-electron chi connectivity index (χ3n) is 3.75. The first-order valence-electron chi connectivity index (χ1n) is 6.44. The minimum absolute atomic E-state index is 0. The van der Waals surface area contributed by atoms with E-state index in [1.807, 2.05) is 6.20 Å². The van der Waals surface area contributed by atoms with Crippen LogP contribution < -0.4 is 5.73 Å². The van der Waals surface area contributed by atoms with Crippen molar-refractivity contribution in [2.75, 3.05) is 25.4 Å². The molecule has 1 atom stereocenters. The second kappa shape index (κ2) is 6.07. The third kappa shape index (κ3) is 3.19. The van der Waals surface area contributed by atoms with Crippen LogP contribution in [0.2, 0.25) is 0 Å². The Morgan fingerprint density at radius 2 is 2.32 bits per heavy atom. The summed E-state index contributed by atoms with van der Waals surface area (Å²) in [5.41, 5.74) is 5.63. The van der Waals surface area contributed by atoms with Crippen molar-refractivity contribution in [1.82, 2.24) is 14.8 Å². The number of hydrogen-bond donors (Lipinski definition) is 1. The van der Waals surface area contributed by atoms with Crippen LogP contribution in [0.4, 0.5) is 5.13 Å². The van der Waals surface area contributed by atoms with E-state index < -0.39 is 0 Å². The molecule has 2 aliphatic rings. The van der Waals surface area contributed by atoms with Crippen LogP contribution in [0.15, 0.2) is 6.20 Å². The number of nitrogen functional groups attached to an aromatic ring is 1. The number of halogens is 1. The standard InChI is InChI=1S/C12H18N4OS.ClH/c13-12-14-6-10(18-12)8-15-5-3-9(7-15)16-4-1-2-11(16)17;/h6,9H,1-5,7-8H2,(H2,13,14);1H. The van der Waals surface area contributed by atoms with Crippen LogP contribution in [0.1, 0.15) is 24.1 Å². The highest BCUT2D eigenvalue weighted by atomic mass is 35.5. The lowest BCUT2D eigenvalue weighted by Crippen LogP contribution is -2.38. The molecule has 1 unspecified atom stereocenters. The molecule has 7 heteroatoms. The van der Waals surface area contributed by atoms with Crippen LogP contribution in [-0.4, -0.2) is 46.4 Å². The highest BCUT2D eigenvalue weighted by Crippen LogP contribution is 2.24. The van der Waals surface area contributed by atoms with E-state index in [0.717, 1.165) is 45.4 Å². The van der Waals surface area contributed by atoms with Gasteiger partial charge in [0.05, 0.1) is 0 Å². The fourth-order valence-corrected chi connectivity index (χ4v) is 3.61. The molecule has 2 aliphatic heterocycles. The van der Waals surface area contributed by atoms with Gasteiger partial charge < -0.3 is 10.6 Å². The van der Waals surface area contributed by atoms with Crippen LogP contribution in [0.25, 0.3) is 0 Å². The first kappa shape index (κ1) is 14.6. The van der Waals surface area contributed by atoms with E-state index >= 15 is 0 Å². The molecule has 3 rings (SSSR count). The number of anilines is 1. The Bertz CT molecular complexity index is 453. The van der Waals surface area contributed by atoms with Gasteiger partial charge in [-0.2, -0.15) is 0 Å². The molecule has 2 N–H and O–H groups in total. The Morgan fingerprint density at radius 1 is 1.47 bits per heavy atom. The van der Waals surface area contributed by atoms with Crippen molar-refractivity contribution in [2.45, 2.75) is 31.8 Å². The van der Waals surface area contributed by atoms with Gasteiger partial charge in [-0.25, -0.2) is 4.98 Å². The van der Waals surface area contributed by atoms with E-state index in [-0.39, 0.29) is 12.4 Å². The third-order valence-corrected chi connectivity index (χ3v) is 4.56. The molecule has 106 valence electrons. The molecule has 1 aromatic heterocycles. The molecule has 0 radical (unpaired) electrons. The Kier molecular flexibility index (Phi) is 4.65. The summed E-state index contributed by atoms with van der Waals surface area (Å²) in [6.07, 6.45) is 4.72. The molecule has 19 heavy (non-hydrogen) atoms. The van der Waals surface area contributed by atoms with Crippen molar-refractivity contribution in [3.8, 4) is 0 Å². The Balaban J connectivity index is 0.00000133. The lowest BCUT2D eigenvalue weighted by atomic mass is 10.2. The number of rotatable bonds is 3. The molecule has 2 fully saturated rings. The second-order valence-electron chi connectivity index (χ2n) is 5.03. The Hall–Kier alpha value is -0.850. The van der Waals surface area contributed by atoms with E-state index in [1.165, 1.54) is 4.88 Å². The van der Waals surface area contributed by atoms with E-state index in [4.69, 9.17) is 5.73 Å². The van der Waals surface area contributed by atoms with Gasteiger partial charge in [-0.15, -0.1) is 23.7 Å². The van der Waals surface area contributed by atoms with Crippen molar-refractivity contribution in [1.29, 1.82) is 0 Å². The summed E-state index contributed by atoms with van der Waals surface area (Å²) in [5.74, 6) is 0.337. The number of nitrogens with zero attached hydrogens (tertiary/aromatic N) is 3. The number of thiazole rings is 1. The number of carbonyl (C=O) groups is 1. The molecule has 0 bridgehead atoms. The van der Waals surface area contributed by atoms with Crippen LogP contribution in [0, 0.1) is 0 Å². The zero-order chi connectivity index (χ0) is 12.5. The van der Waals surface area contributed by atoms with Crippen LogP contribution in [-0.2, 0) is 11.3 Å². The van der Waals surface area contributed by atoms with E-state index in [2.05, 4.69) is 14.8 Å². The van der Waals surface area contributed by atoms with E-state index in [0.29, 0.717) is 17.1 Å². The van der Waals surface area contributed by atoms with Crippen molar-refractivity contribution in [2.24, 2.45) is 0 Å². The zero-order valence-electron chi connectivity index (χ0n) is 10.7. The van der Waals surface area contributed by atoms with Gasteiger partial charge in [-0.3, -0.25) is 9.69 Å². The van der Waals surface area contributed by atoms with Crippen molar-refractivity contribution >= 4 is 34.8 Å².